The number of allylic oxidation sites excluding steroid dienone is 1. The molecule has 0 radical (unpaired) electrons. The average Bonchev–Trinajstić information content (AvgIpc) is 2.77. The van der Waals surface area contributed by atoms with E-state index in [1.165, 1.54) is 43.7 Å². The van der Waals surface area contributed by atoms with Gasteiger partial charge in [0.2, 0.25) is 0 Å². The molecule has 6 heteroatoms. The predicted octanol–water partition coefficient (Wildman–Crippen LogP) is 1.72. The van der Waals surface area contributed by atoms with Crippen LogP contribution >= 0.6 is 0 Å². The summed E-state index contributed by atoms with van der Waals surface area (Å²) < 4.78 is 0. The second kappa shape index (κ2) is 8.58. The van der Waals surface area contributed by atoms with Gasteiger partial charge in [-0.2, -0.15) is 0 Å². The lowest BCUT2D eigenvalue weighted by atomic mass is 9.65. The smallest absolute Gasteiger partial charge is 0.331 e. The molecule has 5 atom stereocenters. The fourth-order valence-corrected chi connectivity index (χ4v) is 6.63. The number of amides is 4. The number of urea groups is 1. The molecule has 1 saturated carbocycles. The van der Waals surface area contributed by atoms with E-state index >= 15 is 0 Å². The Bertz CT molecular complexity index is 877. The van der Waals surface area contributed by atoms with Crippen molar-refractivity contribution in [1.29, 1.82) is 0 Å². The van der Waals surface area contributed by atoms with Crippen molar-refractivity contribution in [2.24, 2.45) is 17.8 Å². The third-order valence-corrected chi connectivity index (χ3v) is 7.90. The molecule has 0 bridgehead atoms. The van der Waals surface area contributed by atoms with Crippen LogP contribution in [0.25, 0.3) is 0 Å². The first-order chi connectivity index (χ1) is 15.1. The Morgan fingerprint density at radius 3 is 2.35 bits per heavy atom. The summed E-state index contributed by atoms with van der Waals surface area (Å²) in [5, 5.41) is 2.39. The summed E-state index contributed by atoms with van der Waals surface area (Å²) >= 11 is 0. The van der Waals surface area contributed by atoms with Crippen LogP contribution in [0.1, 0.15) is 44.1 Å². The minimum atomic E-state index is -0.606. The van der Waals surface area contributed by atoms with E-state index in [4.69, 9.17) is 0 Å². The van der Waals surface area contributed by atoms with Gasteiger partial charge in [0.25, 0.3) is 11.8 Å². The van der Waals surface area contributed by atoms with Crippen LogP contribution in [-0.4, -0.2) is 48.4 Å². The van der Waals surface area contributed by atoms with Crippen molar-refractivity contribution in [3.63, 3.8) is 0 Å². The van der Waals surface area contributed by atoms with Gasteiger partial charge in [0, 0.05) is 18.4 Å². The van der Waals surface area contributed by atoms with Crippen molar-refractivity contribution in [3.8, 4) is 0 Å². The zero-order chi connectivity index (χ0) is 21.4. The van der Waals surface area contributed by atoms with E-state index in [0.29, 0.717) is 18.3 Å². The maximum Gasteiger partial charge on any atom is 0.331 e. The van der Waals surface area contributed by atoms with Crippen molar-refractivity contribution in [1.82, 2.24) is 10.2 Å². The Labute approximate surface area is 183 Å². The first-order valence-corrected chi connectivity index (χ1v) is 11.9. The number of carbonyl (C=O) groups excluding carboxylic acids is 3. The maximum atomic E-state index is 13.1. The Morgan fingerprint density at radius 2 is 1.68 bits per heavy atom. The van der Waals surface area contributed by atoms with Crippen molar-refractivity contribution < 1.29 is 19.3 Å². The SMILES string of the molecule is O=C1NC(=O)N(CCc2ccccc2)C(=O)/C1=C/C1C[C@H]2CCC[NH+]3CCC[C@@H](C1)C23. The molecule has 2 N–H and O–H groups in total. The third-order valence-electron chi connectivity index (χ3n) is 7.90. The van der Waals surface area contributed by atoms with Gasteiger partial charge in [0.05, 0.1) is 19.1 Å². The fourth-order valence-electron chi connectivity index (χ4n) is 6.63. The Kier molecular flexibility index (Phi) is 5.65. The molecule has 1 aromatic rings. The summed E-state index contributed by atoms with van der Waals surface area (Å²) in [6.45, 7) is 2.89. The van der Waals surface area contributed by atoms with Crippen LogP contribution in [0, 0.1) is 17.8 Å². The molecule has 0 spiro atoms. The highest BCUT2D eigenvalue weighted by Crippen LogP contribution is 2.40. The summed E-state index contributed by atoms with van der Waals surface area (Å²) in [7, 11) is 0. The highest BCUT2D eigenvalue weighted by atomic mass is 16.2. The molecule has 0 aromatic heterocycles. The standard InChI is InChI=1S/C25H31N3O3/c29-23-21(24(30)28(25(31)26-23)13-10-17-6-2-1-3-7-17)16-18-14-19-8-4-11-27-12-5-9-20(15-18)22(19)27/h1-3,6-7,16,18-20,22H,4-5,8-15H2,(H,26,29,31)/p+1/b21-16+/t18?,19-,20+,22?. The lowest BCUT2D eigenvalue weighted by Crippen LogP contribution is -3.19. The highest BCUT2D eigenvalue weighted by Gasteiger charge is 2.47. The molecular weight excluding hydrogens is 390 g/mol. The average molecular weight is 423 g/mol. The second-order valence-corrected chi connectivity index (χ2v) is 9.75. The number of barbiturate groups is 1. The predicted molar refractivity (Wildman–Crippen MR) is 116 cm³/mol. The Hall–Kier alpha value is -2.47. The molecule has 3 unspecified atom stereocenters. The van der Waals surface area contributed by atoms with E-state index in [0.717, 1.165) is 24.4 Å². The van der Waals surface area contributed by atoms with Gasteiger partial charge < -0.3 is 4.90 Å². The van der Waals surface area contributed by atoms with Crippen LogP contribution in [0.4, 0.5) is 4.79 Å². The van der Waals surface area contributed by atoms with Gasteiger partial charge in [-0.3, -0.25) is 19.8 Å². The number of hydrogen-bond acceptors (Lipinski definition) is 3. The number of nitrogens with zero attached hydrogens (tertiary/aromatic N) is 1. The third kappa shape index (κ3) is 4.05. The van der Waals surface area contributed by atoms with E-state index in [-0.39, 0.29) is 18.0 Å². The molecule has 164 valence electrons. The van der Waals surface area contributed by atoms with Crippen molar-refractivity contribution in [2.45, 2.75) is 51.0 Å². The molecule has 1 aromatic carbocycles. The molecule has 3 heterocycles. The summed E-state index contributed by atoms with van der Waals surface area (Å²) in [5.41, 5.74) is 1.22. The van der Waals surface area contributed by atoms with Gasteiger partial charge in [-0.15, -0.1) is 0 Å². The Morgan fingerprint density at radius 1 is 1.00 bits per heavy atom. The maximum absolute atomic E-state index is 13.1. The molecular formula is C25H32N3O3+. The molecule has 4 amide bonds. The normalized spacial score (nSPS) is 34.5. The van der Waals surface area contributed by atoms with Crippen molar-refractivity contribution >= 4 is 17.8 Å². The zero-order valence-corrected chi connectivity index (χ0v) is 18.0. The first kappa shape index (κ1) is 20.4. The molecule has 1 aliphatic carbocycles. The number of imide groups is 2. The lowest BCUT2D eigenvalue weighted by molar-refractivity contribution is -0.945. The van der Waals surface area contributed by atoms with Crippen LogP contribution in [0.5, 0.6) is 0 Å². The molecule has 3 saturated heterocycles. The summed E-state index contributed by atoms with van der Waals surface area (Å²) in [5.74, 6) is 0.668. The molecule has 5 rings (SSSR count). The molecule has 31 heavy (non-hydrogen) atoms. The number of quaternary nitrogens is 1. The van der Waals surface area contributed by atoms with Crippen LogP contribution in [-0.2, 0) is 16.0 Å². The molecule has 6 nitrogen and oxygen atoms in total. The second-order valence-electron chi connectivity index (χ2n) is 9.75. The van der Waals surface area contributed by atoms with Crippen molar-refractivity contribution in [3.05, 3.63) is 47.5 Å². The molecule has 3 aliphatic heterocycles. The van der Waals surface area contributed by atoms with Crippen LogP contribution < -0.4 is 10.2 Å². The lowest BCUT2D eigenvalue weighted by Gasteiger charge is -2.50. The number of nitrogens with one attached hydrogen (secondary N) is 2. The topological polar surface area (TPSA) is 70.9 Å². The van der Waals surface area contributed by atoms with Gasteiger partial charge in [-0.25, -0.2) is 4.79 Å². The monoisotopic (exact) mass is 422 g/mol. The van der Waals surface area contributed by atoms with Crippen molar-refractivity contribution in [2.75, 3.05) is 19.6 Å². The fraction of sp³-hybridized carbons (Fsp3) is 0.560. The van der Waals surface area contributed by atoms with Gasteiger partial charge >= 0.3 is 6.03 Å². The van der Waals surface area contributed by atoms with Crippen LogP contribution in [0.15, 0.2) is 42.0 Å². The van der Waals surface area contributed by atoms with Crippen LogP contribution in [0.3, 0.4) is 0 Å². The Balaban J connectivity index is 1.31. The van der Waals surface area contributed by atoms with Gasteiger partial charge in [0.15, 0.2) is 0 Å². The summed E-state index contributed by atoms with van der Waals surface area (Å²) in [6, 6.07) is 9.95. The number of carbonyl (C=O) groups is 3. The number of piperidine rings is 2. The molecule has 4 fully saturated rings. The number of hydrogen-bond donors (Lipinski definition) is 2. The van der Waals surface area contributed by atoms with E-state index in [1.807, 2.05) is 36.4 Å². The number of rotatable bonds is 4. The minimum absolute atomic E-state index is 0.159. The van der Waals surface area contributed by atoms with Gasteiger partial charge in [-0.1, -0.05) is 36.4 Å². The van der Waals surface area contributed by atoms with E-state index in [9.17, 15) is 14.4 Å². The quantitative estimate of drug-likeness (QED) is 0.573. The van der Waals surface area contributed by atoms with E-state index in [1.54, 1.807) is 4.90 Å². The van der Waals surface area contributed by atoms with E-state index < -0.39 is 17.8 Å². The largest absolute Gasteiger partial charge is 0.332 e. The summed E-state index contributed by atoms with van der Waals surface area (Å²) in [4.78, 5) is 41.0. The minimum Gasteiger partial charge on any atom is -0.332 e. The van der Waals surface area contributed by atoms with E-state index in [2.05, 4.69) is 5.32 Å². The zero-order valence-electron chi connectivity index (χ0n) is 18.0. The van der Waals surface area contributed by atoms with Gasteiger partial charge in [-0.05, 0) is 56.4 Å². The highest BCUT2D eigenvalue weighted by molar-refractivity contribution is 6.28. The summed E-state index contributed by atoms with van der Waals surface area (Å²) in [6.07, 6.45) is 9.72. The molecule has 4 aliphatic rings. The number of benzene rings is 1. The van der Waals surface area contributed by atoms with Gasteiger partial charge in [0.1, 0.15) is 5.57 Å². The van der Waals surface area contributed by atoms with Crippen LogP contribution in [0.2, 0.25) is 0 Å². The first-order valence-electron chi connectivity index (χ1n) is 11.9.